The molecule has 1 saturated heterocycles. The highest BCUT2D eigenvalue weighted by molar-refractivity contribution is 9.10. The zero-order valence-electron chi connectivity index (χ0n) is 8.66. The molecule has 0 spiro atoms. The molecule has 1 aromatic rings. The van der Waals surface area contributed by atoms with Crippen molar-refractivity contribution in [3.8, 4) is 0 Å². The molecule has 1 unspecified atom stereocenters. The van der Waals surface area contributed by atoms with Crippen molar-refractivity contribution >= 4 is 21.9 Å². The van der Waals surface area contributed by atoms with E-state index in [4.69, 9.17) is 4.74 Å². The highest BCUT2D eigenvalue weighted by atomic mass is 79.9. The van der Waals surface area contributed by atoms with Crippen LogP contribution < -0.4 is 5.32 Å². The Morgan fingerprint density at radius 3 is 3.20 bits per heavy atom. The van der Waals surface area contributed by atoms with Crippen molar-refractivity contribution in [2.45, 2.75) is 13.3 Å². The second-order valence-electron chi connectivity index (χ2n) is 3.74. The molecular weight excluding hydrogens is 258 g/mol. The summed E-state index contributed by atoms with van der Waals surface area (Å²) in [5.74, 6) is 1.29. The zero-order chi connectivity index (χ0) is 10.7. The molecule has 1 aliphatic rings. The number of hydrogen-bond donors (Lipinski definition) is 1. The van der Waals surface area contributed by atoms with Crippen molar-refractivity contribution in [3.63, 3.8) is 0 Å². The topological polar surface area (TPSA) is 47.0 Å². The van der Waals surface area contributed by atoms with Crippen molar-refractivity contribution in [1.82, 2.24) is 9.97 Å². The summed E-state index contributed by atoms with van der Waals surface area (Å²) in [6.07, 6.45) is 2.90. The lowest BCUT2D eigenvalue weighted by molar-refractivity contribution is 0.187. The van der Waals surface area contributed by atoms with Gasteiger partial charge in [-0.25, -0.2) is 9.97 Å². The van der Waals surface area contributed by atoms with E-state index in [9.17, 15) is 0 Å². The standard InChI is InChI=1S/C10H14BrN3O/c1-7-9(11)5-13-10(14-7)12-4-8-2-3-15-6-8/h5,8H,2-4,6H2,1H3,(H,12,13,14). The normalized spacial score (nSPS) is 20.5. The highest BCUT2D eigenvalue weighted by Crippen LogP contribution is 2.15. The van der Waals surface area contributed by atoms with Crippen LogP contribution in [0.5, 0.6) is 0 Å². The van der Waals surface area contributed by atoms with Gasteiger partial charge in [0, 0.05) is 25.3 Å². The monoisotopic (exact) mass is 271 g/mol. The van der Waals surface area contributed by atoms with E-state index in [1.165, 1.54) is 0 Å². The molecule has 4 nitrogen and oxygen atoms in total. The quantitative estimate of drug-likeness (QED) is 0.914. The Kier molecular flexibility index (Phi) is 3.53. The average molecular weight is 272 g/mol. The number of anilines is 1. The Bertz CT molecular complexity index is 339. The van der Waals surface area contributed by atoms with Crippen molar-refractivity contribution < 1.29 is 4.74 Å². The van der Waals surface area contributed by atoms with Crippen LogP contribution in [-0.4, -0.2) is 29.7 Å². The smallest absolute Gasteiger partial charge is 0.222 e. The minimum absolute atomic E-state index is 0.595. The third-order valence-electron chi connectivity index (χ3n) is 2.49. The van der Waals surface area contributed by atoms with Crippen LogP contribution in [0.15, 0.2) is 10.7 Å². The SMILES string of the molecule is Cc1nc(NCC2CCOC2)ncc1Br. The van der Waals surface area contributed by atoms with Gasteiger partial charge in [-0.15, -0.1) is 0 Å². The Morgan fingerprint density at radius 1 is 1.67 bits per heavy atom. The van der Waals surface area contributed by atoms with E-state index in [0.29, 0.717) is 11.9 Å². The van der Waals surface area contributed by atoms with Crippen LogP contribution in [0.1, 0.15) is 12.1 Å². The first-order valence-corrected chi connectivity index (χ1v) is 5.86. The fraction of sp³-hybridized carbons (Fsp3) is 0.600. The molecule has 1 fully saturated rings. The van der Waals surface area contributed by atoms with Gasteiger partial charge in [0.1, 0.15) is 0 Å². The molecule has 1 aromatic heterocycles. The van der Waals surface area contributed by atoms with Gasteiger partial charge in [-0.3, -0.25) is 0 Å². The van der Waals surface area contributed by atoms with E-state index in [0.717, 1.165) is 36.3 Å². The van der Waals surface area contributed by atoms with Crippen LogP contribution >= 0.6 is 15.9 Å². The minimum atomic E-state index is 0.595. The number of rotatable bonds is 3. The lowest BCUT2D eigenvalue weighted by Gasteiger charge is -2.09. The second-order valence-corrected chi connectivity index (χ2v) is 4.59. The lowest BCUT2D eigenvalue weighted by atomic mass is 10.1. The van der Waals surface area contributed by atoms with Gasteiger partial charge in [0.15, 0.2) is 0 Å². The maximum atomic E-state index is 5.30. The first-order valence-electron chi connectivity index (χ1n) is 5.06. The maximum absolute atomic E-state index is 5.30. The molecule has 1 N–H and O–H groups in total. The molecule has 0 amide bonds. The number of halogens is 1. The predicted octanol–water partition coefficient (Wildman–Crippen LogP) is 2.00. The molecule has 1 atom stereocenters. The highest BCUT2D eigenvalue weighted by Gasteiger charge is 2.15. The third-order valence-corrected chi connectivity index (χ3v) is 3.27. The summed E-state index contributed by atoms with van der Waals surface area (Å²) in [6.45, 7) is 4.58. The minimum Gasteiger partial charge on any atom is -0.381 e. The maximum Gasteiger partial charge on any atom is 0.222 e. The number of aryl methyl sites for hydroxylation is 1. The third kappa shape index (κ3) is 2.89. The Labute approximate surface area is 97.6 Å². The molecular formula is C10H14BrN3O. The molecule has 82 valence electrons. The second kappa shape index (κ2) is 4.90. The molecule has 0 saturated carbocycles. The van der Waals surface area contributed by atoms with Crippen LogP contribution in [0.25, 0.3) is 0 Å². The van der Waals surface area contributed by atoms with Crippen molar-refractivity contribution in [3.05, 3.63) is 16.4 Å². The van der Waals surface area contributed by atoms with Gasteiger partial charge in [0.05, 0.1) is 16.8 Å². The number of hydrogen-bond acceptors (Lipinski definition) is 4. The number of ether oxygens (including phenoxy) is 1. The van der Waals surface area contributed by atoms with Crippen molar-refractivity contribution in [1.29, 1.82) is 0 Å². The summed E-state index contributed by atoms with van der Waals surface area (Å²) in [5, 5.41) is 3.23. The van der Waals surface area contributed by atoms with Gasteiger partial charge < -0.3 is 10.1 Å². The summed E-state index contributed by atoms with van der Waals surface area (Å²) in [6, 6.07) is 0. The van der Waals surface area contributed by atoms with E-state index in [1.54, 1.807) is 6.20 Å². The van der Waals surface area contributed by atoms with E-state index >= 15 is 0 Å². The molecule has 0 aliphatic carbocycles. The molecule has 2 heterocycles. The van der Waals surface area contributed by atoms with E-state index < -0.39 is 0 Å². The average Bonchev–Trinajstić information content (AvgIpc) is 2.73. The summed E-state index contributed by atoms with van der Waals surface area (Å²) in [7, 11) is 0. The largest absolute Gasteiger partial charge is 0.381 e. The summed E-state index contributed by atoms with van der Waals surface area (Å²) < 4.78 is 6.24. The number of nitrogens with zero attached hydrogens (tertiary/aromatic N) is 2. The van der Waals surface area contributed by atoms with Gasteiger partial charge in [0.25, 0.3) is 0 Å². The molecule has 0 radical (unpaired) electrons. The Morgan fingerprint density at radius 2 is 2.53 bits per heavy atom. The summed E-state index contributed by atoms with van der Waals surface area (Å²) in [4.78, 5) is 8.51. The fourth-order valence-electron chi connectivity index (χ4n) is 1.52. The Hall–Kier alpha value is -0.680. The molecule has 15 heavy (non-hydrogen) atoms. The van der Waals surface area contributed by atoms with Crippen LogP contribution in [0.4, 0.5) is 5.95 Å². The first-order chi connectivity index (χ1) is 7.25. The lowest BCUT2D eigenvalue weighted by Crippen LogP contribution is -2.15. The number of nitrogens with one attached hydrogen (secondary N) is 1. The summed E-state index contributed by atoms with van der Waals surface area (Å²) >= 11 is 3.37. The Balaban J connectivity index is 1.90. The summed E-state index contributed by atoms with van der Waals surface area (Å²) in [5.41, 5.74) is 0.954. The molecule has 2 rings (SSSR count). The van der Waals surface area contributed by atoms with Crippen LogP contribution in [0.2, 0.25) is 0 Å². The molecule has 5 heteroatoms. The van der Waals surface area contributed by atoms with Crippen LogP contribution in [0, 0.1) is 12.8 Å². The van der Waals surface area contributed by atoms with Crippen molar-refractivity contribution in [2.75, 3.05) is 25.1 Å². The van der Waals surface area contributed by atoms with Gasteiger partial charge in [-0.05, 0) is 29.3 Å². The molecule has 1 aliphatic heterocycles. The van der Waals surface area contributed by atoms with Gasteiger partial charge >= 0.3 is 0 Å². The van der Waals surface area contributed by atoms with Crippen LogP contribution in [-0.2, 0) is 4.74 Å². The van der Waals surface area contributed by atoms with E-state index in [-0.39, 0.29) is 0 Å². The number of aromatic nitrogens is 2. The van der Waals surface area contributed by atoms with E-state index in [2.05, 4.69) is 31.2 Å². The molecule has 0 aromatic carbocycles. The van der Waals surface area contributed by atoms with Gasteiger partial charge in [-0.1, -0.05) is 0 Å². The van der Waals surface area contributed by atoms with Crippen molar-refractivity contribution in [2.24, 2.45) is 5.92 Å². The van der Waals surface area contributed by atoms with Gasteiger partial charge in [-0.2, -0.15) is 0 Å². The van der Waals surface area contributed by atoms with Crippen LogP contribution in [0.3, 0.4) is 0 Å². The molecule has 0 bridgehead atoms. The first kappa shape index (κ1) is 10.8. The van der Waals surface area contributed by atoms with E-state index in [1.807, 2.05) is 6.92 Å². The fourth-order valence-corrected chi connectivity index (χ4v) is 1.71. The predicted molar refractivity (Wildman–Crippen MR) is 61.9 cm³/mol. The van der Waals surface area contributed by atoms with Gasteiger partial charge in [0.2, 0.25) is 5.95 Å². The zero-order valence-corrected chi connectivity index (χ0v) is 10.2.